The molecule has 0 aromatic carbocycles. The Morgan fingerprint density at radius 3 is 2.80 bits per heavy atom. The molecule has 5 rings (SSSR count). The van der Waals surface area contributed by atoms with E-state index in [-0.39, 0.29) is 6.10 Å². The molecule has 3 heterocycles. The third-order valence-corrected chi connectivity index (χ3v) is 8.50. The molecule has 2 atom stereocenters. The molecule has 30 heavy (non-hydrogen) atoms. The van der Waals surface area contributed by atoms with Gasteiger partial charge in [0.05, 0.1) is 30.8 Å². The molecule has 6 heteroatoms. The minimum absolute atomic E-state index is 0.215. The molecule has 0 amide bonds. The molecule has 0 spiro atoms. The first-order chi connectivity index (χ1) is 14.7. The number of morpholine rings is 1. The van der Waals surface area contributed by atoms with Crippen LogP contribution in [-0.4, -0.2) is 59.5 Å². The van der Waals surface area contributed by atoms with E-state index in [1.807, 2.05) is 17.5 Å². The van der Waals surface area contributed by atoms with E-state index >= 15 is 0 Å². The van der Waals surface area contributed by atoms with Crippen LogP contribution in [0.4, 0.5) is 0 Å². The number of pyridine rings is 1. The van der Waals surface area contributed by atoms with Gasteiger partial charge in [-0.15, -0.1) is 11.3 Å². The molecular weight excluding hydrogens is 396 g/mol. The summed E-state index contributed by atoms with van der Waals surface area (Å²) in [6.45, 7) is 5.97. The monoisotopic (exact) mass is 430 g/mol. The van der Waals surface area contributed by atoms with E-state index < -0.39 is 0 Å². The normalized spacial score (nSPS) is 28.5. The van der Waals surface area contributed by atoms with Crippen LogP contribution in [0.3, 0.4) is 0 Å². The zero-order chi connectivity index (χ0) is 20.5. The number of aryl methyl sites for hydroxylation is 1. The highest BCUT2D eigenvalue weighted by Crippen LogP contribution is 2.48. The summed E-state index contributed by atoms with van der Waals surface area (Å²) in [6.07, 6.45) is 10.6. The highest BCUT2D eigenvalue weighted by Gasteiger charge is 2.32. The maximum absolute atomic E-state index is 10.3. The van der Waals surface area contributed by atoms with Gasteiger partial charge in [0.15, 0.2) is 0 Å². The van der Waals surface area contributed by atoms with Gasteiger partial charge in [0, 0.05) is 30.2 Å². The van der Waals surface area contributed by atoms with E-state index in [0.717, 1.165) is 75.4 Å². The van der Waals surface area contributed by atoms with Crippen LogP contribution in [0, 0.1) is 0 Å². The van der Waals surface area contributed by atoms with Gasteiger partial charge in [-0.25, -0.2) is 4.98 Å². The molecule has 2 aromatic rings. The number of hydrogen-bond acceptors (Lipinski definition) is 6. The number of aliphatic hydroxyl groups excluding tert-OH is 1. The molecule has 1 N–H and O–H groups in total. The summed E-state index contributed by atoms with van der Waals surface area (Å²) in [4.78, 5) is 9.84. The summed E-state index contributed by atoms with van der Waals surface area (Å²) in [6, 6.07) is 2.76. The predicted octanol–water partition coefficient (Wildman–Crippen LogP) is 4.51. The van der Waals surface area contributed by atoms with Crippen molar-refractivity contribution in [2.24, 2.45) is 0 Å². The molecule has 0 bridgehead atoms. The van der Waals surface area contributed by atoms with E-state index in [1.165, 1.54) is 28.7 Å². The van der Waals surface area contributed by atoms with Crippen molar-refractivity contribution in [2.75, 3.05) is 26.3 Å². The second kappa shape index (κ2) is 9.11. The Balaban J connectivity index is 1.31. The van der Waals surface area contributed by atoms with Crippen molar-refractivity contribution in [1.29, 1.82) is 0 Å². The SMILES string of the molecule is CC[C@H](O)C[C@H]1CCc2sc3nccc(OC4CCC(N5CCOCC5)CC4)c3c21. The second-order valence-corrected chi connectivity index (χ2v) is 10.2. The third-order valence-electron chi connectivity index (χ3n) is 7.32. The average molecular weight is 431 g/mol. The summed E-state index contributed by atoms with van der Waals surface area (Å²) >= 11 is 1.83. The van der Waals surface area contributed by atoms with Gasteiger partial charge in [-0.3, -0.25) is 4.90 Å². The van der Waals surface area contributed by atoms with Crippen molar-refractivity contribution in [3.63, 3.8) is 0 Å². The second-order valence-electron chi connectivity index (χ2n) is 9.16. The minimum atomic E-state index is -0.215. The number of rotatable bonds is 6. The molecule has 2 aliphatic carbocycles. The number of nitrogens with zero attached hydrogens (tertiary/aromatic N) is 2. The number of thiophene rings is 1. The van der Waals surface area contributed by atoms with Crippen LogP contribution in [0.25, 0.3) is 10.2 Å². The number of fused-ring (bicyclic) bond motifs is 3. The van der Waals surface area contributed by atoms with Crippen LogP contribution in [0.1, 0.15) is 68.2 Å². The van der Waals surface area contributed by atoms with Crippen LogP contribution >= 0.6 is 11.3 Å². The molecule has 0 radical (unpaired) electrons. The van der Waals surface area contributed by atoms with E-state index in [1.54, 1.807) is 0 Å². The number of ether oxygens (including phenoxy) is 2. The standard InChI is InChI=1S/C24H34N2O3S/c1-2-18(27)15-16-3-8-21-22(16)23-20(9-10-25-24(23)30-21)29-19-6-4-17(5-7-19)26-11-13-28-14-12-26/h9-10,16-19,27H,2-8,11-15H2,1H3/t16-,17?,18+,19?/m1/s1. The van der Waals surface area contributed by atoms with Crippen molar-refractivity contribution >= 4 is 21.6 Å². The van der Waals surface area contributed by atoms with Crippen LogP contribution in [0.15, 0.2) is 12.3 Å². The van der Waals surface area contributed by atoms with Crippen LogP contribution in [-0.2, 0) is 11.2 Å². The summed E-state index contributed by atoms with van der Waals surface area (Å²) in [5.41, 5.74) is 1.42. The molecular formula is C24H34N2O3S. The molecule has 3 aliphatic rings. The molecule has 1 saturated heterocycles. The molecule has 164 valence electrons. The summed E-state index contributed by atoms with van der Waals surface area (Å²) in [5.74, 6) is 1.46. The third kappa shape index (κ3) is 4.12. The first kappa shape index (κ1) is 20.7. The van der Waals surface area contributed by atoms with Gasteiger partial charge >= 0.3 is 0 Å². The fourth-order valence-corrected chi connectivity index (χ4v) is 6.87. The van der Waals surface area contributed by atoms with Gasteiger partial charge in [-0.05, 0) is 68.9 Å². The predicted molar refractivity (Wildman–Crippen MR) is 121 cm³/mol. The first-order valence-corrected chi connectivity index (χ1v) is 12.6. The summed E-state index contributed by atoms with van der Waals surface area (Å²) in [7, 11) is 0. The minimum Gasteiger partial charge on any atom is -0.490 e. The zero-order valence-corrected chi connectivity index (χ0v) is 18.8. The van der Waals surface area contributed by atoms with Crippen LogP contribution in [0.5, 0.6) is 5.75 Å². The van der Waals surface area contributed by atoms with Gasteiger partial charge in [-0.2, -0.15) is 0 Å². The van der Waals surface area contributed by atoms with Crippen molar-refractivity contribution in [3.8, 4) is 5.75 Å². The van der Waals surface area contributed by atoms with Crippen molar-refractivity contribution in [1.82, 2.24) is 9.88 Å². The van der Waals surface area contributed by atoms with Gasteiger partial charge in [-0.1, -0.05) is 6.92 Å². The number of aromatic nitrogens is 1. The van der Waals surface area contributed by atoms with E-state index in [9.17, 15) is 5.11 Å². The van der Waals surface area contributed by atoms with Crippen molar-refractivity contribution < 1.29 is 14.6 Å². The number of aliphatic hydroxyl groups is 1. The van der Waals surface area contributed by atoms with E-state index in [2.05, 4.69) is 22.9 Å². The molecule has 2 aromatic heterocycles. The summed E-state index contributed by atoms with van der Waals surface area (Å²) in [5, 5.41) is 11.5. The van der Waals surface area contributed by atoms with E-state index in [0.29, 0.717) is 18.1 Å². The number of hydrogen-bond donors (Lipinski definition) is 1. The van der Waals surface area contributed by atoms with Crippen LogP contribution in [0.2, 0.25) is 0 Å². The Hall–Kier alpha value is -1.21. The average Bonchev–Trinajstić information content (AvgIpc) is 3.35. The van der Waals surface area contributed by atoms with Gasteiger partial charge in [0.25, 0.3) is 0 Å². The quantitative estimate of drug-likeness (QED) is 0.731. The van der Waals surface area contributed by atoms with E-state index in [4.69, 9.17) is 9.47 Å². The fraction of sp³-hybridized carbons (Fsp3) is 0.708. The van der Waals surface area contributed by atoms with Crippen molar-refractivity contribution in [3.05, 3.63) is 22.7 Å². The Labute approximate surface area is 183 Å². The zero-order valence-electron chi connectivity index (χ0n) is 18.0. The Morgan fingerprint density at radius 2 is 2.03 bits per heavy atom. The Bertz CT molecular complexity index is 855. The maximum Gasteiger partial charge on any atom is 0.131 e. The first-order valence-electron chi connectivity index (χ1n) is 11.8. The lowest BCUT2D eigenvalue weighted by Crippen LogP contribution is -2.46. The topological polar surface area (TPSA) is 54.8 Å². The highest BCUT2D eigenvalue weighted by atomic mass is 32.1. The lowest BCUT2D eigenvalue weighted by molar-refractivity contribution is -0.000920. The van der Waals surface area contributed by atoms with Gasteiger partial charge in [0.2, 0.25) is 0 Å². The van der Waals surface area contributed by atoms with Gasteiger partial charge in [0.1, 0.15) is 10.6 Å². The van der Waals surface area contributed by atoms with Gasteiger partial charge < -0.3 is 14.6 Å². The largest absolute Gasteiger partial charge is 0.490 e. The fourth-order valence-electron chi connectivity index (χ4n) is 5.61. The smallest absolute Gasteiger partial charge is 0.131 e. The molecule has 0 unspecified atom stereocenters. The molecule has 5 nitrogen and oxygen atoms in total. The molecule has 2 fully saturated rings. The maximum atomic E-state index is 10.3. The van der Waals surface area contributed by atoms with Crippen molar-refractivity contribution in [2.45, 2.75) is 82.5 Å². The van der Waals surface area contributed by atoms with Crippen LogP contribution < -0.4 is 4.74 Å². The lowest BCUT2D eigenvalue weighted by atomic mass is 9.91. The summed E-state index contributed by atoms with van der Waals surface area (Å²) < 4.78 is 12.1. The highest BCUT2D eigenvalue weighted by molar-refractivity contribution is 7.19. The molecule has 1 saturated carbocycles. The molecule has 1 aliphatic heterocycles. The lowest BCUT2D eigenvalue weighted by Gasteiger charge is -2.38. The Morgan fingerprint density at radius 1 is 1.23 bits per heavy atom. The Kier molecular flexibility index (Phi) is 6.28.